The Kier molecular flexibility index (Phi) is 10.3. The number of nitrogens with zero attached hydrogens (tertiary/aromatic N) is 2. The fourth-order valence-corrected chi connectivity index (χ4v) is 7.75. The maximum absolute atomic E-state index is 13.7. The zero-order valence-electron chi connectivity index (χ0n) is 31.9. The van der Waals surface area contributed by atoms with E-state index >= 15 is 0 Å². The number of ether oxygens (including phenoxy) is 4. The van der Waals surface area contributed by atoms with Gasteiger partial charge >= 0.3 is 23.9 Å². The van der Waals surface area contributed by atoms with E-state index in [4.69, 9.17) is 28.9 Å². The Balaban J connectivity index is 1.77. The van der Waals surface area contributed by atoms with Gasteiger partial charge in [-0.05, 0) is 105 Å². The molecule has 8 bridgehead atoms. The molecule has 280 valence electrons. The predicted molar refractivity (Wildman–Crippen MR) is 205 cm³/mol. The zero-order valence-corrected chi connectivity index (χ0v) is 31.9. The number of methoxy groups -OCH3 is 4. The molecule has 12 nitrogen and oxygen atoms in total. The van der Waals surface area contributed by atoms with Crippen LogP contribution in [-0.4, -0.2) is 72.3 Å². The van der Waals surface area contributed by atoms with Gasteiger partial charge in [0.15, 0.2) is 0 Å². The topological polar surface area (TPSA) is 163 Å². The van der Waals surface area contributed by atoms with Gasteiger partial charge in [-0.1, -0.05) is 18.7 Å². The summed E-state index contributed by atoms with van der Waals surface area (Å²) in [6, 6.07) is 7.72. The van der Waals surface area contributed by atoms with E-state index in [1.807, 2.05) is 58.0 Å². The van der Waals surface area contributed by atoms with Crippen LogP contribution >= 0.6 is 0 Å². The van der Waals surface area contributed by atoms with Crippen LogP contribution in [0.3, 0.4) is 0 Å². The number of aryl methyl sites for hydroxylation is 4. The number of hydrogen-bond donors (Lipinski definition) is 2. The minimum atomic E-state index is -1.22. The van der Waals surface area contributed by atoms with Gasteiger partial charge in [-0.15, -0.1) is 0 Å². The molecule has 1 aliphatic carbocycles. The second kappa shape index (κ2) is 14.8. The summed E-state index contributed by atoms with van der Waals surface area (Å²) in [6.45, 7) is 11.9. The van der Waals surface area contributed by atoms with Crippen molar-refractivity contribution in [1.82, 2.24) is 19.9 Å². The fourth-order valence-electron chi connectivity index (χ4n) is 7.75. The van der Waals surface area contributed by atoms with Gasteiger partial charge in [-0.3, -0.25) is 14.6 Å². The van der Waals surface area contributed by atoms with Crippen molar-refractivity contribution < 1.29 is 38.1 Å². The van der Waals surface area contributed by atoms with Crippen LogP contribution in [0, 0.1) is 13.8 Å². The smallest absolute Gasteiger partial charge is 0.335 e. The lowest BCUT2D eigenvalue weighted by Crippen LogP contribution is -2.34. The van der Waals surface area contributed by atoms with Crippen molar-refractivity contribution in [2.45, 2.75) is 65.2 Å². The molecule has 0 saturated heterocycles. The Bertz CT molecular complexity index is 2410. The number of esters is 4. The van der Waals surface area contributed by atoms with Crippen LogP contribution in [0.1, 0.15) is 78.1 Å². The number of nitrogens with one attached hydrogen (secondary N) is 2. The Morgan fingerprint density at radius 3 is 1.81 bits per heavy atom. The van der Waals surface area contributed by atoms with Gasteiger partial charge in [0.1, 0.15) is 0 Å². The summed E-state index contributed by atoms with van der Waals surface area (Å²) in [5.74, 6) is -1.95. The summed E-state index contributed by atoms with van der Waals surface area (Å²) in [5.41, 5.74) is 10.6. The SMILES string of the molecule is C=CC1=C(C)c2cc3[nH]c(cc4[nH]c(cc5nc(cc1n2)C1(C)C5=CCC(C(=O)OC)=C1C(=O)OC)c(C)c4CCC(=O)OC)c(CCC(=O)OC)c3C. The second-order valence-corrected chi connectivity index (χ2v) is 13.6. The number of H-pyrrole nitrogens is 2. The van der Waals surface area contributed by atoms with Crippen molar-refractivity contribution in [3.63, 3.8) is 0 Å². The van der Waals surface area contributed by atoms with Crippen molar-refractivity contribution in [2.75, 3.05) is 28.4 Å². The van der Waals surface area contributed by atoms with Crippen LogP contribution in [-0.2, 0) is 56.4 Å². The third-order valence-corrected chi connectivity index (χ3v) is 10.9. The molecule has 5 heterocycles. The van der Waals surface area contributed by atoms with Gasteiger partial charge in [-0.25, -0.2) is 14.6 Å². The van der Waals surface area contributed by atoms with Crippen LogP contribution < -0.4 is 0 Å². The number of carbonyl (C=O) groups is 4. The average molecular weight is 733 g/mol. The molecule has 6 rings (SSSR count). The van der Waals surface area contributed by atoms with Gasteiger partial charge in [0, 0.05) is 40.5 Å². The number of hydrogen-bond acceptors (Lipinski definition) is 10. The normalized spacial score (nSPS) is 16.4. The third-order valence-electron chi connectivity index (χ3n) is 10.9. The van der Waals surface area contributed by atoms with Crippen LogP contribution in [0.5, 0.6) is 0 Å². The summed E-state index contributed by atoms with van der Waals surface area (Å²) in [7, 11) is 5.30. The van der Waals surface area contributed by atoms with Gasteiger partial charge in [0.05, 0.1) is 67.8 Å². The molecule has 2 aliphatic heterocycles. The largest absolute Gasteiger partial charge is 0.469 e. The monoisotopic (exact) mass is 732 g/mol. The van der Waals surface area contributed by atoms with Crippen LogP contribution in [0.15, 0.2) is 54.1 Å². The van der Waals surface area contributed by atoms with E-state index in [1.54, 1.807) is 6.08 Å². The number of fused-ring (bicyclic) bond motifs is 11. The lowest BCUT2D eigenvalue weighted by molar-refractivity contribution is -0.141. The van der Waals surface area contributed by atoms with E-state index in [9.17, 15) is 19.2 Å². The molecular formula is C42H44N4O8. The summed E-state index contributed by atoms with van der Waals surface area (Å²) >= 11 is 0. The molecule has 0 saturated carbocycles. The first-order chi connectivity index (χ1) is 25.8. The molecule has 2 N–H and O–H groups in total. The van der Waals surface area contributed by atoms with Gasteiger partial charge < -0.3 is 28.9 Å². The first kappa shape index (κ1) is 37.7. The van der Waals surface area contributed by atoms with Gasteiger partial charge in [0.2, 0.25) is 0 Å². The van der Waals surface area contributed by atoms with E-state index in [0.29, 0.717) is 41.2 Å². The summed E-state index contributed by atoms with van der Waals surface area (Å²) < 4.78 is 20.4. The summed E-state index contributed by atoms with van der Waals surface area (Å²) in [5, 5.41) is 0. The van der Waals surface area contributed by atoms with Crippen LogP contribution in [0.4, 0.5) is 0 Å². The summed E-state index contributed by atoms with van der Waals surface area (Å²) in [6.07, 6.45) is 4.94. The molecular weight excluding hydrogens is 688 g/mol. The molecule has 0 radical (unpaired) electrons. The standard InChI is InChI=1S/C42H44N4O8/c1-10-24-21(2)29-17-30-22(3)25(12-15-37(47)51-6)32(43-30)19-33-26(13-16-38(48)52-7)23(4)31(44-33)18-35-28-14-11-27(40(49)53-8)39(41(50)54-9)42(28,5)36(46-35)20-34(24)45-29/h10,14,17-20,43-44H,1,11-13,15-16H2,2-9H3. The number of aromatic amines is 2. The lowest BCUT2D eigenvalue weighted by Gasteiger charge is -2.32. The zero-order chi connectivity index (χ0) is 39.1. The van der Waals surface area contributed by atoms with Gasteiger partial charge in [-0.2, -0.15) is 0 Å². The van der Waals surface area contributed by atoms with E-state index in [0.717, 1.165) is 55.5 Å². The molecule has 0 amide bonds. The number of aromatic nitrogens is 4. The van der Waals surface area contributed by atoms with Crippen molar-refractivity contribution in [3.05, 3.63) is 99.2 Å². The highest BCUT2D eigenvalue weighted by Gasteiger charge is 2.49. The van der Waals surface area contributed by atoms with E-state index in [2.05, 4.69) is 16.5 Å². The molecule has 0 aromatic carbocycles. The number of rotatable bonds is 9. The predicted octanol–water partition coefficient (Wildman–Crippen LogP) is 6.65. The molecule has 54 heavy (non-hydrogen) atoms. The number of allylic oxidation sites excluding steroid dienone is 5. The van der Waals surface area contributed by atoms with Crippen LogP contribution in [0.25, 0.3) is 38.8 Å². The molecule has 3 aromatic heterocycles. The molecule has 1 unspecified atom stereocenters. The van der Waals surface area contributed by atoms with Crippen molar-refractivity contribution in [2.24, 2.45) is 0 Å². The fraction of sp³-hybridized carbons (Fsp3) is 0.333. The Hall–Kier alpha value is -6.04. The maximum atomic E-state index is 13.7. The molecule has 0 spiro atoms. The molecule has 0 fully saturated rings. The minimum Gasteiger partial charge on any atom is -0.469 e. The third kappa shape index (κ3) is 6.35. The van der Waals surface area contributed by atoms with Crippen molar-refractivity contribution >= 4 is 62.7 Å². The highest BCUT2D eigenvalue weighted by atomic mass is 16.5. The maximum Gasteiger partial charge on any atom is 0.335 e. The average Bonchev–Trinajstić information content (AvgIpc) is 3.82. The van der Waals surface area contributed by atoms with Crippen molar-refractivity contribution in [3.8, 4) is 0 Å². The molecule has 1 atom stereocenters. The summed E-state index contributed by atoms with van der Waals surface area (Å²) in [4.78, 5) is 68.9. The molecule has 3 aromatic rings. The van der Waals surface area contributed by atoms with E-state index in [1.165, 1.54) is 28.4 Å². The van der Waals surface area contributed by atoms with Crippen molar-refractivity contribution in [1.29, 1.82) is 0 Å². The Morgan fingerprint density at radius 2 is 1.30 bits per heavy atom. The Labute approximate surface area is 313 Å². The van der Waals surface area contributed by atoms with E-state index < -0.39 is 17.4 Å². The van der Waals surface area contributed by atoms with Gasteiger partial charge in [0.25, 0.3) is 0 Å². The molecule has 3 aliphatic rings. The highest BCUT2D eigenvalue weighted by molar-refractivity contribution is 6.08. The minimum absolute atomic E-state index is 0.128. The first-order valence-corrected chi connectivity index (χ1v) is 17.6. The van der Waals surface area contributed by atoms with E-state index in [-0.39, 0.29) is 42.3 Å². The first-order valence-electron chi connectivity index (χ1n) is 17.6. The quantitative estimate of drug-likeness (QED) is 0.180. The van der Waals surface area contributed by atoms with Crippen LogP contribution in [0.2, 0.25) is 0 Å². The number of carbonyl (C=O) groups excluding carboxylic acids is 4. The molecule has 12 heteroatoms. The lowest BCUT2D eigenvalue weighted by atomic mass is 9.68. The Morgan fingerprint density at radius 1 is 0.741 bits per heavy atom. The second-order valence-electron chi connectivity index (χ2n) is 13.6. The highest BCUT2D eigenvalue weighted by Crippen LogP contribution is 2.52.